The van der Waals surface area contributed by atoms with E-state index >= 15 is 0 Å². The molecule has 20 heavy (non-hydrogen) atoms. The number of aliphatic carboxylic acids is 1. The van der Waals surface area contributed by atoms with Gasteiger partial charge in [-0.2, -0.15) is 0 Å². The summed E-state index contributed by atoms with van der Waals surface area (Å²) in [4.78, 5) is 12.7. The molecule has 0 spiro atoms. The van der Waals surface area contributed by atoms with E-state index in [9.17, 15) is 4.79 Å². The lowest BCUT2D eigenvalue weighted by atomic mass is 10.1. The van der Waals surface area contributed by atoms with Crippen LogP contribution in [0.2, 0.25) is 0 Å². The highest BCUT2D eigenvalue weighted by Gasteiger charge is 2.11. The molecule has 0 atom stereocenters. The molecule has 0 aliphatic carbocycles. The van der Waals surface area contributed by atoms with Crippen molar-refractivity contribution in [3.05, 3.63) is 29.8 Å². The Morgan fingerprint density at radius 1 is 1.45 bits per heavy atom. The standard InChI is InChI=1S/C15H20ClNO3/c1-3-9-17(10-8-16)13-6-4-12(5-7-15(18)19)11-14(13)20-2/h4-7,11H,3,8-10H2,1-2H3,(H,18,19). The van der Waals surface area contributed by atoms with E-state index in [2.05, 4.69) is 11.8 Å². The third kappa shape index (κ3) is 4.78. The molecule has 0 bridgehead atoms. The zero-order valence-corrected chi connectivity index (χ0v) is 12.6. The number of carboxylic acid groups (broad SMARTS) is 1. The van der Waals surface area contributed by atoms with Gasteiger partial charge in [-0.25, -0.2) is 4.79 Å². The largest absolute Gasteiger partial charge is 0.495 e. The number of carboxylic acids is 1. The molecule has 4 nitrogen and oxygen atoms in total. The van der Waals surface area contributed by atoms with Crippen LogP contribution < -0.4 is 9.64 Å². The van der Waals surface area contributed by atoms with Crippen LogP contribution in [-0.4, -0.2) is 37.2 Å². The number of methoxy groups -OCH3 is 1. The van der Waals surface area contributed by atoms with Gasteiger partial charge in [-0.15, -0.1) is 11.6 Å². The summed E-state index contributed by atoms with van der Waals surface area (Å²) in [6, 6.07) is 5.63. The molecule has 0 aromatic heterocycles. The lowest BCUT2D eigenvalue weighted by molar-refractivity contribution is -0.131. The van der Waals surface area contributed by atoms with Gasteiger partial charge in [0.25, 0.3) is 0 Å². The number of benzene rings is 1. The topological polar surface area (TPSA) is 49.8 Å². The summed E-state index contributed by atoms with van der Waals surface area (Å²) in [6.07, 6.45) is 3.66. The maximum absolute atomic E-state index is 10.5. The minimum atomic E-state index is -0.970. The summed E-state index contributed by atoms with van der Waals surface area (Å²) in [5, 5.41) is 8.64. The van der Waals surface area contributed by atoms with Gasteiger partial charge in [0.1, 0.15) is 5.75 Å². The van der Waals surface area contributed by atoms with Crippen molar-refractivity contribution < 1.29 is 14.6 Å². The summed E-state index contributed by atoms with van der Waals surface area (Å²) in [5.74, 6) is 0.294. The highest BCUT2D eigenvalue weighted by atomic mass is 35.5. The van der Waals surface area contributed by atoms with Crippen LogP contribution in [0.4, 0.5) is 5.69 Å². The zero-order valence-electron chi connectivity index (χ0n) is 11.8. The maximum atomic E-state index is 10.5. The number of nitrogens with zero attached hydrogens (tertiary/aromatic N) is 1. The summed E-state index contributed by atoms with van der Waals surface area (Å²) < 4.78 is 5.40. The third-order valence-corrected chi connectivity index (χ3v) is 2.98. The van der Waals surface area contributed by atoms with E-state index in [0.29, 0.717) is 5.88 Å². The average molecular weight is 298 g/mol. The molecular formula is C15H20ClNO3. The van der Waals surface area contributed by atoms with Crippen molar-refractivity contribution >= 4 is 29.3 Å². The SMILES string of the molecule is CCCN(CCCl)c1ccc(C=CC(=O)O)cc1OC. The third-order valence-electron chi connectivity index (χ3n) is 2.81. The Morgan fingerprint density at radius 2 is 2.20 bits per heavy atom. The summed E-state index contributed by atoms with van der Waals surface area (Å²) in [7, 11) is 1.61. The van der Waals surface area contributed by atoms with Gasteiger partial charge in [-0.1, -0.05) is 13.0 Å². The van der Waals surface area contributed by atoms with Crippen LogP contribution in [0.25, 0.3) is 6.08 Å². The number of rotatable bonds is 8. The Bertz CT molecular complexity index is 468. The van der Waals surface area contributed by atoms with Crippen molar-refractivity contribution in [2.75, 3.05) is 31.0 Å². The molecule has 0 aliphatic heterocycles. The van der Waals surface area contributed by atoms with E-state index in [1.807, 2.05) is 18.2 Å². The molecule has 0 amide bonds. The van der Waals surface area contributed by atoms with Crippen LogP contribution in [-0.2, 0) is 4.79 Å². The normalized spacial score (nSPS) is 10.8. The van der Waals surface area contributed by atoms with Gasteiger partial charge in [0.15, 0.2) is 0 Å². The van der Waals surface area contributed by atoms with E-state index < -0.39 is 5.97 Å². The second kappa shape index (κ2) is 8.48. The highest BCUT2D eigenvalue weighted by Crippen LogP contribution is 2.30. The van der Waals surface area contributed by atoms with Crippen LogP contribution in [0.3, 0.4) is 0 Å². The molecule has 1 N–H and O–H groups in total. The van der Waals surface area contributed by atoms with Crippen LogP contribution in [0, 0.1) is 0 Å². The van der Waals surface area contributed by atoms with Crippen LogP contribution >= 0.6 is 11.6 Å². The van der Waals surface area contributed by atoms with Crippen molar-refractivity contribution in [1.82, 2.24) is 0 Å². The quantitative estimate of drug-likeness (QED) is 0.591. The smallest absolute Gasteiger partial charge is 0.328 e. The molecule has 5 heteroatoms. The van der Waals surface area contributed by atoms with Gasteiger partial charge in [-0.05, 0) is 30.2 Å². The fraction of sp³-hybridized carbons (Fsp3) is 0.400. The van der Waals surface area contributed by atoms with Crippen molar-refractivity contribution in [1.29, 1.82) is 0 Å². The predicted molar refractivity (Wildman–Crippen MR) is 82.9 cm³/mol. The molecule has 0 fully saturated rings. The van der Waals surface area contributed by atoms with Crippen molar-refractivity contribution in [3.8, 4) is 5.75 Å². The molecule has 0 heterocycles. The molecule has 1 aromatic rings. The molecule has 0 aliphatic rings. The molecule has 0 radical (unpaired) electrons. The minimum Gasteiger partial charge on any atom is -0.495 e. The van der Waals surface area contributed by atoms with Crippen molar-refractivity contribution in [2.24, 2.45) is 0 Å². The van der Waals surface area contributed by atoms with E-state index in [0.717, 1.165) is 42.6 Å². The fourth-order valence-corrected chi connectivity index (χ4v) is 2.16. The first-order valence-electron chi connectivity index (χ1n) is 6.52. The fourth-order valence-electron chi connectivity index (χ4n) is 1.95. The first kappa shape index (κ1) is 16.4. The Hall–Kier alpha value is -1.68. The molecule has 0 saturated heterocycles. The minimum absolute atomic E-state index is 0.545. The summed E-state index contributed by atoms with van der Waals surface area (Å²) in [6.45, 7) is 3.75. The van der Waals surface area contributed by atoms with Gasteiger partial charge in [0.05, 0.1) is 12.8 Å². The molecule has 1 aromatic carbocycles. The molecular weight excluding hydrogens is 278 g/mol. The first-order valence-corrected chi connectivity index (χ1v) is 7.05. The van der Waals surface area contributed by atoms with Gasteiger partial charge in [-0.3, -0.25) is 0 Å². The van der Waals surface area contributed by atoms with Gasteiger partial charge < -0.3 is 14.7 Å². The Kier molecular flexibility index (Phi) is 6.94. The van der Waals surface area contributed by atoms with E-state index in [1.54, 1.807) is 13.2 Å². The summed E-state index contributed by atoms with van der Waals surface area (Å²) in [5.41, 5.74) is 1.76. The van der Waals surface area contributed by atoms with Crippen LogP contribution in [0.1, 0.15) is 18.9 Å². The maximum Gasteiger partial charge on any atom is 0.328 e. The van der Waals surface area contributed by atoms with Gasteiger partial charge >= 0.3 is 5.97 Å². The number of halogens is 1. The van der Waals surface area contributed by atoms with Crippen molar-refractivity contribution in [2.45, 2.75) is 13.3 Å². The molecule has 0 unspecified atom stereocenters. The molecule has 1 rings (SSSR count). The average Bonchev–Trinajstić information content (AvgIpc) is 2.44. The second-order valence-electron chi connectivity index (χ2n) is 4.28. The number of anilines is 1. The van der Waals surface area contributed by atoms with E-state index in [4.69, 9.17) is 21.4 Å². The van der Waals surface area contributed by atoms with E-state index in [1.165, 1.54) is 0 Å². The summed E-state index contributed by atoms with van der Waals surface area (Å²) >= 11 is 5.83. The van der Waals surface area contributed by atoms with Gasteiger partial charge in [0, 0.05) is 25.0 Å². The number of alkyl halides is 1. The van der Waals surface area contributed by atoms with E-state index in [-0.39, 0.29) is 0 Å². The van der Waals surface area contributed by atoms with Gasteiger partial charge in [0.2, 0.25) is 0 Å². The highest BCUT2D eigenvalue weighted by molar-refractivity contribution is 6.18. The lowest BCUT2D eigenvalue weighted by Crippen LogP contribution is -2.26. The number of hydrogen-bond acceptors (Lipinski definition) is 3. The first-order chi connectivity index (χ1) is 9.62. The Balaban J connectivity index is 3.04. The second-order valence-corrected chi connectivity index (χ2v) is 4.66. The number of ether oxygens (including phenoxy) is 1. The number of hydrogen-bond donors (Lipinski definition) is 1. The predicted octanol–water partition coefficient (Wildman–Crippen LogP) is 3.25. The van der Waals surface area contributed by atoms with Crippen molar-refractivity contribution in [3.63, 3.8) is 0 Å². The molecule has 0 saturated carbocycles. The monoisotopic (exact) mass is 297 g/mol. The number of carbonyl (C=O) groups is 1. The zero-order chi connectivity index (χ0) is 15.0. The Labute approximate surface area is 124 Å². The van der Waals surface area contributed by atoms with Crippen LogP contribution in [0.15, 0.2) is 24.3 Å². The molecule has 110 valence electrons. The lowest BCUT2D eigenvalue weighted by Gasteiger charge is -2.25. The Morgan fingerprint density at radius 3 is 2.75 bits per heavy atom. The van der Waals surface area contributed by atoms with Crippen LogP contribution in [0.5, 0.6) is 5.75 Å².